The zero-order valence-electron chi connectivity index (χ0n) is 68.0. The zero-order chi connectivity index (χ0) is 84.3. The van der Waals surface area contributed by atoms with E-state index in [0.717, 1.165) is 133 Å². The molecule has 0 fully saturated rings. The summed E-state index contributed by atoms with van der Waals surface area (Å²) >= 11 is 0. The minimum Gasteiger partial charge on any atom is -0.512 e. The summed E-state index contributed by atoms with van der Waals surface area (Å²) < 4.78 is 10.9. The van der Waals surface area contributed by atoms with E-state index in [0.29, 0.717) is 0 Å². The van der Waals surface area contributed by atoms with Gasteiger partial charge in [-0.1, -0.05) is 131 Å². The molecule has 21 nitrogen and oxygen atoms in total. The number of pyridine rings is 10. The minimum atomic E-state index is -0.990. The van der Waals surface area contributed by atoms with Gasteiger partial charge in [-0.15, -0.1) is 78.2 Å². The van der Waals surface area contributed by atoms with Gasteiger partial charge in [-0.05, 0) is 195 Å². The van der Waals surface area contributed by atoms with Gasteiger partial charge in [0, 0.05) is 234 Å². The molecule has 0 spiro atoms. The number of para-hydroxylation sites is 3. The summed E-state index contributed by atoms with van der Waals surface area (Å²) in [6.45, 7) is 5.70. The van der Waals surface area contributed by atoms with E-state index in [1.807, 2.05) is 164 Å². The van der Waals surface area contributed by atoms with Crippen LogP contribution in [0.4, 0.5) is 0 Å². The topological polar surface area (TPSA) is 265 Å². The van der Waals surface area contributed by atoms with Crippen LogP contribution in [0.1, 0.15) is 38.2 Å². The maximum atomic E-state index is 10.1. The van der Waals surface area contributed by atoms with E-state index in [9.17, 15) is 14.4 Å². The molecule has 639 valence electrons. The molecule has 0 amide bonds. The molecule has 0 aliphatic rings. The second-order valence-corrected chi connectivity index (χ2v) is 27.3. The third-order valence-corrected chi connectivity index (χ3v) is 19.0. The molecule has 3 N–H and O–H groups in total. The number of hydrogen-bond acceptors (Lipinski definition) is 15. The number of aliphatic hydroxyl groups is 2. The summed E-state index contributed by atoms with van der Waals surface area (Å²) in [7, 11) is 0. The van der Waals surface area contributed by atoms with Crippen LogP contribution in [0.5, 0.6) is 0 Å². The van der Waals surface area contributed by atoms with Crippen molar-refractivity contribution in [1.29, 1.82) is 0 Å². The van der Waals surface area contributed by atoms with Crippen LogP contribution >= 0.6 is 0 Å². The molecule has 0 saturated heterocycles. The van der Waals surface area contributed by atoms with Crippen LogP contribution in [0.2, 0.25) is 0 Å². The summed E-state index contributed by atoms with van der Waals surface area (Å²) in [5.74, 6) is -1.12. The van der Waals surface area contributed by atoms with Crippen molar-refractivity contribution >= 4 is 138 Å². The summed E-state index contributed by atoms with van der Waals surface area (Å²) in [6, 6.07) is 107. The van der Waals surface area contributed by atoms with Crippen molar-refractivity contribution in [2.45, 2.75) is 27.7 Å². The number of carboxylic acids is 1. The molecular weight excluding hydrogens is 2480 g/mol. The first kappa shape index (κ1) is 95.7. The average Bonchev–Trinajstić information content (AvgIpc) is 1.31. The molecule has 127 heavy (non-hydrogen) atoms. The predicted molar refractivity (Wildman–Crippen MR) is 481 cm³/mol. The van der Waals surface area contributed by atoms with Crippen LogP contribution in [0, 0.1) is 30.3 Å². The number of hydrogen-bond donors (Lipinski definition) is 3. The molecule has 0 aliphatic carbocycles. The Morgan fingerprint density at radius 3 is 1.09 bits per heavy atom. The van der Waals surface area contributed by atoms with E-state index in [2.05, 4.69) is 224 Å². The molecule has 5 radical (unpaired) electrons. The Morgan fingerprint density at radius 2 is 0.661 bits per heavy atom. The largest absolute Gasteiger partial charge is 0.512 e. The predicted octanol–water partition coefficient (Wildman–Crippen LogP) is 21.5. The molecule has 22 rings (SSSR count). The maximum Gasteiger partial charge on any atom is 0.354 e. The van der Waals surface area contributed by atoms with E-state index in [1.165, 1.54) is 68.6 Å². The van der Waals surface area contributed by atoms with Gasteiger partial charge in [0.2, 0.25) is 0 Å². The smallest absolute Gasteiger partial charge is 0.354 e. The number of carbonyl (C=O) groups is 3. The van der Waals surface area contributed by atoms with E-state index >= 15 is 0 Å². The van der Waals surface area contributed by atoms with Gasteiger partial charge in [-0.3, -0.25) is 19.6 Å². The van der Waals surface area contributed by atoms with Gasteiger partial charge in [0.1, 0.15) is 5.69 Å². The monoisotopic (exact) mass is 2560 g/mol. The van der Waals surface area contributed by atoms with Crippen molar-refractivity contribution < 1.29 is 130 Å². The van der Waals surface area contributed by atoms with Crippen molar-refractivity contribution in [3.8, 4) is 28.4 Å². The molecular formula is C101H74Ir5N15O6-5. The molecule has 0 unspecified atom stereocenters. The molecule has 22 aromatic rings. The third-order valence-electron chi connectivity index (χ3n) is 19.0. The molecule has 0 atom stereocenters. The fraction of sp³-hybridized carbons (Fsp3) is 0.0396. The van der Waals surface area contributed by atoms with Crippen molar-refractivity contribution in [3.63, 3.8) is 0 Å². The van der Waals surface area contributed by atoms with Gasteiger partial charge >= 0.3 is 5.97 Å². The van der Waals surface area contributed by atoms with Crippen LogP contribution in [-0.4, -0.2) is 106 Å². The summed E-state index contributed by atoms with van der Waals surface area (Å²) in [4.78, 5) is 73.6. The van der Waals surface area contributed by atoms with Gasteiger partial charge in [0.05, 0.1) is 34.7 Å². The van der Waals surface area contributed by atoms with Gasteiger partial charge < -0.3 is 73.0 Å². The van der Waals surface area contributed by atoms with E-state index in [-0.39, 0.29) is 129 Å². The number of ketones is 2. The molecule has 0 aliphatic heterocycles. The summed E-state index contributed by atoms with van der Waals surface area (Å²) in [5, 5.41) is 32.6. The molecule has 15 heterocycles. The van der Waals surface area contributed by atoms with Gasteiger partial charge in [-0.25, -0.2) is 9.78 Å². The number of benzene rings is 7. The fourth-order valence-electron chi connectivity index (χ4n) is 14.2. The van der Waals surface area contributed by atoms with E-state index < -0.39 is 5.97 Å². The number of aliphatic hydroxyl groups excluding tert-OH is 2. The maximum absolute atomic E-state index is 10.1. The minimum absolute atomic E-state index is 0. The van der Waals surface area contributed by atoms with Crippen molar-refractivity contribution in [1.82, 2.24) is 72.7 Å². The van der Waals surface area contributed by atoms with Crippen LogP contribution in [0.15, 0.2) is 371 Å². The van der Waals surface area contributed by atoms with Crippen LogP contribution in [0.25, 0.3) is 149 Å². The first-order valence-corrected chi connectivity index (χ1v) is 38.6. The van der Waals surface area contributed by atoms with Gasteiger partial charge in [0.25, 0.3) is 0 Å². The second-order valence-electron chi connectivity index (χ2n) is 27.3. The molecule has 0 saturated carbocycles. The normalized spacial score (nSPS) is 10.6. The molecule has 0 bridgehead atoms. The van der Waals surface area contributed by atoms with Gasteiger partial charge in [0.15, 0.2) is 11.6 Å². The number of carbonyl (C=O) groups excluding carboxylic acids is 2. The SMILES string of the molecule is CC(=O)C=C(C)O.CC(=O)C=C(C)O.O=C(O)c1ccccn1.[Ir].[Ir].[Ir].[Ir].[Ir].[c-]1cccc2c1c1ncccc1n2-c1cccc2ccccc12.[c-]1cccc2c1c1ncccc1n2-c1cccnc1.[c-]1ccnc2c1c1ncccc1n2-c1ccccc1.[c-]1ccnc2c1c1ncccc1n2-c1ccccc1.[c-]1cncc2c1c1ncccc1n2-c1ccccc1. The number of nitrogens with zero attached hydrogens (tertiary/aromatic N) is 15. The summed E-state index contributed by atoms with van der Waals surface area (Å²) in [6.07, 6.45) is 23.6. The number of carboxylic acid groups (broad SMARTS) is 1. The fourth-order valence-corrected chi connectivity index (χ4v) is 14.2. The molecule has 15 aromatic heterocycles. The van der Waals surface area contributed by atoms with Crippen molar-refractivity contribution in [2.75, 3.05) is 0 Å². The van der Waals surface area contributed by atoms with E-state index in [4.69, 9.17) is 15.3 Å². The van der Waals surface area contributed by atoms with Gasteiger partial charge in [-0.2, -0.15) is 6.07 Å². The average molecular weight is 2550 g/mol. The zero-order valence-corrected chi connectivity index (χ0v) is 80.0. The Morgan fingerprint density at radius 1 is 0.291 bits per heavy atom. The van der Waals surface area contributed by atoms with Crippen LogP contribution < -0.4 is 0 Å². The van der Waals surface area contributed by atoms with Crippen molar-refractivity contribution in [2.24, 2.45) is 0 Å². The Bertz CT molecular complexity index is 6620. The summed E-state index contributed by atoms with van der Waals surface area (Å²) in [5.41, 5.74) is 20.8. The third kappa shape index (κ3) is 22.0. The van der Waals surface area contributed by atoms with Crippen LogP contribution in [0.3, 0.4) is 0 Å². The number of rotatable bonds is 8. The first-order chi connectivity index (χ1) is 59.8. The Labute approximate surface area is 797 Å². The van der Waals surface area contributed by atoms with Crippen LogP contribution in [-0.2, 0) is 110 Å². The Balaban J connectivity index is 0.000000155. The second kappa shape index (κ2) is 45.9. The molecule has 26 heteroatoms. The quantitative estimate of drug-likeness (QED) is 0.0725. The number of fused-ring (bicyclic) bond motifs is 16. The van der Waals surface area contributed by atoms with Crippen molar-refractivity contribution in [3.05, 3.63) is 407 Å². The molecule has 7 aromatic carbocycles. The Kier molecular flexibility index (Phi) is 34.6. The number of aromatic carboxylic acids is 1. The standard InChI is InChI=1S/C21H13N2.4C16H10N3.C6H5NO2.2C5H8O2.5Ir/c1-2-9-16-15(7-1)8-5-12-18(16)23-19-11-4-3-10-17(19)21-20(23)13-6-14-22-21;1-2-7-14-13(6-1)16-15(8-4-10-18-16)19(14)12-5-3-9-17-11-12;2*1-2-6-12(7-3-1)19-14-9-5-10-17-15(14)13-8-4-11-18-16(13)19;1-2-5-12(6-3-1)19-14-7-4-9-18-16(14)13-8-10-17-11-15(13)19;8-6(9)5-3-1-2-4-7-5;2*1-4(6)3-5(2)7;;;;;/h1-9,11-14H;1-5,7-11H;3*1-7,9-11H;1-4H,(H,8,9);2*3,6H,1-2H3;;;;;/q5*-1;;;;;;;;. The van der Waals surface area contributed by atoms with E-state index in [1.54, 1.807) is 49.3 Å². The Hall–Kier alpha value is -13.6. The number of allylic oxidation sites excluding steroid dienone is 4. The first-order valence-electron chi connectivity index (χ1n) is 38.6. The number of aromatic nitrogens is 15.